The molecule has 96 valence electrons. The van der Waals surface area contributed by atoms with Gasteiger partial charge in [0.2, 0.25) is 0 Å². The van der Waals surface area contributed by atoms with E-state index in [0.717, 1.165) is 18.2 Å². The quantitative estimate of drug-likeness (QED) is 0.818. The number of nitrogens with zero attached hydrogens (tertiary/aromatic N) is 1. The second-order valence-electron chi connectivity index (χ2n) is 3.89. The van der Waals surface area contributed by atoms with Crippen LogP contribution in [0.25, 0.3) is 0 Å². The molecule has 0 radical (unpaired) electrons. The highest BCUT2D eigenvalue weighted by Crippen LogP contribution is 2.29. The van der Waals surface area contributed by atoms with Crippen LogP contribution in [0.15, 0.2) is 30.3 Å². The van der Waals surface area contributed by atoms with Crippen molar-refractivity contribution >= 4 is 0 Å². The molecular weight excluding hydrogens is 255 g/mol. The number of aryl methyl sites for hydroxylation is 1. The van der Waals surface area contributed by atoms with Gasteiger partial charge in [-0.1, -0.05) is 6.07 Å². The van der Waals surface area contributed by atoms with Crippen molar-refractivity contribution in [3.8, 4) is 17.6 Å². The van der Waals surface area contributed by atoms with Crippen LogP contribution in [-0.4, -0.2) is 0 Å². The van der Waals surface area contributed by atoms with Gasteiger partial charge in [0.15, 0.2) is 17.4 Å². The fraction of sp³-hybridized carbons (Fsp3) is 0.0714. The molecule has 2 rings (SSSR count). The number of benzene rings is 2. The number of ether oxygens (including phenoxy) is 1. The van der Waals surface area contributed by atoms with Crippen LogP contribution in [0.2, 0.25) is 0 Å². The Morgan fingerprint density at radius 1 is 1.00 bits per heavy atom. The molecule has 0 heterocycles. The third-order valence-electron chi connectivity index (χ3n) is 2.49. The van der Waals surface area contributed by atoms with Crippen molar-refractivity contribution in [3.05, 3.63) is 58.9 Å². The molecule has 0 aromatic heterocycles. The molecule has 0 saturated heterocycles. The van der Waals surface area contributed by atoms with Crippen LogP contribution < -0.4 is 4.74 Å². The molecule has 0 aliphatic heterocycles. The highest BCUT2D eigenvalue weighted by atomic mass is 19.1. The average molecular weight is 263 g/mol. The van der Waals surface area contributed by atoms with Crippen molar-refractivity contribution in [2.24, 2.45) is 0 Å². The van der Waals surface area contributed by atoms with Crippen LogP contribution in [0.5, 0.6) is 11.5 Å². The number of hydrogen-bond acceptors (Lipinski definition) is 2. The molecule has 2 aromatic carbocycles. The minimum Gasteiger partial charge on any atom is -0.451 e. The maximum atomic E-state index is 13.6. The van der Waals surface area contributed by atoms with E-state index in [1.807, 2.05) is 0 Å². The Morgan fingerprint density at radius 2 is 1.63 bits per heavy atom. The molecular formula is C14H8F3NO. The zero-order valence-electron chi connectivity index (χ0n) is 9.88. The summed E-state index contributed by atoms with van der Waals surface area (Å²) in [7, 11) is 0. The summed E-state index contributed by atoms with van der Waals surface area (Å²) in [5.74, 6) is -3.25. The van der Waals surface area contributed by atoms with Crippen LogP contribution in [0.4, 0.5) is 13.2 Å². The predicted molar refractivity (Wildman–Crippen MR) is 62.3 cm³/mol. The monoisotopic (exact) mass is 263 g/mol. The smallest absolute Gasteiger partial charge is 0.198 e. The molecule has 0 aliphatic rings. The first-order valence-electron chi connectivity index (χ1n) is 5.34. The van der Waals surface area contributed by atoms with Crippen molar-refractivity contribution in [1.29, 1.82) is 5.26 Å². The van der Waals surface area contributed by atoms with Crippen LogP contribution >= 0.6 is 0 Å². The lowest BCUT2D eigenvalue weighted by atomic mass is 10.2. The molecule has 2 nitrogen and oxygen atoms in total. The minimum absolute atomic E-state index is 0.0226. The molecule has 0 unspecified atom stereocenters. The lowest BCUT2D eigenvalue weighted by molar-refractivity contribution is 0.404. The van der Waals surface area contributed by atoms with E-state index in [4.69, 9.17) is 10.00 Å². The SMILES string of the molecule is Cc1ccc(Oc2c(F)cc(C#N)cc2F)cc1F. The van der Waals surface area contributed by atoms with Crippen molar-refractivity contribution in [2.45, 2.75) is 6.92 Å². The lowest BCUT2D eigenvalue weighted by Gasteiger charge is -2.09. The number of halogens is 3. The number of nitriles is 1. The second kappa shape index (κ2) is 5.02. The van der Waals surface area contributed by atoms with E-state index in [1.54, 1.807) is 13.0 Å². The summed E-state index contributed by atoms with van der Waals surface area (Å²) >= 11 is 0. The van der Waals surface area contributed by atoms with E-state index in [1.165, 1.54) is 12.1 Å². The maximum absolute atomic E-state index is 13.6. The summed E-state index contributed by atoms with van der Waals surface area (Å²) in [6.07, 6.45) is 0. The van der Waals surface area contributed by atoms with Gasteiger partial charge < -0.3 is 4.74 Å². The minimum atomic E-state index is -1.02. The van der Waals surface area contributed by atoms with Gasteiger partial charge in [0.1, 0.15) is 11.6 Å². The molecule has 0 saturated carbocycles. The standard InChI is InChI=1S/C14H8F3NO/c1-8-2-3-10(6-11(8)15)19-14-12(16)4-9(7-18)5-13(14)17/h2-6H,1H3. The van der Waals surface area contributed by atoms with Gasteiger partial charge in [-0.2, -0.15) is 5.26 Å². The van der Waals surface area contributed by atoms with Crippen LogP contribution in [0, 0.1) is 35.7 Å². The Bertz CT molecular complexity index is 654. The Hall–Kier alpha value is -2.48. The predicted octanol–water partition coefficient (Wildman–Crippen LogP) is 4.08. The third-order valence-corrected chi connectivity index (χ3v) is 2.49. The fourth-order valence-corrected chi connectivity index (χ4v) is 1.48. The van der Waals surface area contributed by atoms with Crippen molar-refractivity contribution in [1.82, 2.24) is 0 Å². The Kier molecular flexibility index (Phi) is 3.43. The normalized spacial score (nSPS) is 10.1. The molecule has 0 amide bonds. The fourth-order valence-electron chi connectivity index (χ4n) is 1.48. The highest BCUT2D eigenvalue weighted by Gasteiger charge is 2.14. The third kappa shape index (κ3) is 2.68. The first-order valence-corrected chi connectivity index (χ1v) is 5.34. The van der Waals surface area contributed by atoms with Crippen LogP contribution in [0.1, 0.15) is 11.1 Å². The molecule has 0 N–H and O–H groups in total. The van der Waals surface area contributed by atoms with Gasteiger partial charge in [0.05, 0.1) is 11.6 Å². The van der Waals surface area contributed by atoms with Gasteiger partial charge in [-0.15, -0.1) is 0 Å². The molecule has 0 atom stereocenters. The average Bonchev–Trinajstić information content (AvgIpc) is 2.37. The van der Waals surface area contributed by atoms with E-state index in [9.17, 15) is 13.2 Å². The van der Waals surface area contributed by atoms with E-state index in [-0.39, 0.29) is 11.3 Å². The van der Waals surface area contributed by atoms with Crippen molar-refractivity contribution in [3.63, 3.8) is 0 Å². The molecule has 0 fully saturated rings. The van der Waals surface area contributed by atoms with Crippen molar-refractivity contribution in [2.75, 3.05) is 0 Å². The molecule has 19 heavy (non-hydrogen) atoms. The molecule has 2 aromatic rings. The molecule has 0 aliphatic carbocycles. The van der Waals surface area contributed by atoms with Crippen LogP contribution in [0.3, 0.4) is 0 Å². The van der Waals surface area contributed by atoms with Gasteiger partial charge >= 0.3 is 0 Å². The largest absolute Gasteiger partial charge is 0.451 e. The zero-order valence-corrected chi connectivity index (χ0v) is 9.88. The first kappa shape index (κ1) is 13.0. The summed E-state index contributed by atoms with van der Waals surface area (Å²) in [5, 5.41) is 8.56. The van der Waals surface area contributed by atoms with Crippen LogP contribution in [-0.2, 0) is 0 Å². The van der Waals surface area contributed by atoms with Crippen molar-refractivity contribution < 1.29 is 17.9 Å². The van der Waals surface area contributed by atoms with Gasteiger partial charge in [-0.05, 0) is 30.7 Å². The van der Waals surface area contributed by atoms with E-state index >= 15 is 0 Å². The molecule has 5 heteroatoms. The maximum Gasteiger partial charge on any atom is 0.198 e. The van der Waals surface area contributed by atoms with E-state index in [0.29, 0.717) is 5.56 Å². The van der Waals surface area contributed by atoms with Gasteiger partial charge in [0.25, 0.3) is 0 Å². The summed E-state index contributed by atoms with van der Waals surface area (Å²) in [6, 6.07) is 7.19. The van der Waals surface area contributed by atoms with Gasteiger partial charge in [-0.3, -0.25) is 0 Å². The number of rotatable bonds is 2. The first-order chi connectivity index (χ1) is 9.01. The summed E-state index contributed by atoms with van der Waals surface area (Å²) in [6.45, 7) is 1.56. The topological polar surface area (TPSA) is 33.0 Å². The molecule has 0 bridgehead atoms. The molecule has 0 spiro atoms. The number of hydrogen-bond donors (Lipinski definition) is 0. The Balaban J connectivity index is 2.38. The summed E-state index contributed by atoms with van der Waals surface area (Å²) < 4.78 is 45.4. The van der Waals surface area contributed by atoms with E-state index < -0.39 is 23.2 Å². The summed E-state index contributed by atoms with van der Waals surface area (Å²) in [5.41, 5.74) is 0.241. The Labute approximate surface area is 107 Å². The van der Waals surface area contributed by atoms with Gasteiger partial charge in [-0.25, -0.2) is 13.2 Å². The lowest BCUT2D eigenvalue weighted by Crippen LogP contribution is -1.95. The van der Waals surface area contributed by atoms with E-state index in [2.05, 4.69) is 0 Å². The Morgan fingerprint density at radius 3 is 2.16 bits per heavy atom. The zero-order chi connectivity index (χ0) is 14.0. The highest BCUT2D eigenvalue weighted by molar-refractivity contribution is 5.40. The van der Waals surface area contributed by atoms with Gasteiger partial charge in [0, 0.05) is 6.07 Å². The second-order valence-corrected chi connectivity index (χ2v) is 3.89. The summed E-state index contributed by atoms with van der Waals surface area (Å²) in [4.78, 5) is 0.